The summed E-state index contributed by atoms with van der Waals surface area (Å²) in [6.07, 6.45) is 0. The van der Waals surface area contributed by atoms with Gasteiger partial charge in [-0.25, -0.2) is 14.5 Å². The van der Waals surface area contributed by atoms with Crippen molar-refractivity contribution in [2.24, 2.45) is 0 Å². The smallest absolute Gasteiger partial charge is 0.386 e. The van der Waals surface area contributed by atoms with Crippen LogP contribution in [0.3, 0.4) is 0 Å². The second kappa shape index (κ2) is 6.42. The van der Waals surface area contributed by atoms with Crippen LogP contribution in [0.5, 0.6) is 11.5 Å². The van der Waals surface area contributed by atoms with E-state index in [2.05, 4.69) is 9.62 Å². The minimum Gasteiger partial charge on any atom is -0.504 e. The third-order valence-electron chi connectivity index (χ3n) is 2.60. The van der Waals surface area contributed by atoms with Gasteiger partial charge in [0.25, 0.3) is 0 Å². The number of benzene rings is 2. The van der Waals surface area contributed by atoms with Gasteiger partial charge < -0.3 is 9.84 Å². The minimum atomic E-state index is -0.724. The van der Waals surface area contributed by atoms with Gasteiger partial charge in [0.15, 0.2) is 5.75 Å². The summed E-state index contributed by atoms with van der Waals surface area (Å²) in [5, 5.41) is 9.60. The molecule has 0 heterocycles. The number of carbonyl (C=O) groups is 2. The molecule has 21 heavy (non-hydrogen) atoms. The maximum atomic E-state index is 11.7. The van der Waals surface area contributed by atoms with Crippen molar-refractivity contribution in [2.75, 3.05) is 7.11 Å². The molecule has 0 spiro atoms. The van der Waals surface area contributed by atoms with Gasteiger partial charge in [0.1, 0.15) is 0 Å². The predicted molar refractivity (Wildman–Crippen MR) is 71.9 cm³/mol. The lowest BCUT2D eigenvalue weighted by Crippen LogP contribution is -2.09. The Hall–Kier alpha value is -3.02. The number of aromatic hydroxyl groups is 1. The molecule has 0 radical (unpaired) electrons. The number of hydrogen-bond donors (Lipinski definition) is 1. The Bertz CT molecular complexity index is 650. The van der Waals surface area contributed by atoms with Crippen LogP contribution in [0.25, 0.3) is 0 Å². The first-order valence-electron chi connectivity index (χ1n) is 5.97. The molecule has 2 aromatic rings. The Morgan fingerprint density at radius 3 is 2.33 bits per heavy atom. The molecule has 0 saturated heterocycles. The number of phenols is 1. The van der Waals surface area contributed by atoms with Crippen molar-refractivity contribution in [3.63, 3.8) is 0 Å². The number of esters is 1. The van der Waals surface area contributed by atoms with E-state index in [1.807, 2.05) is 0 Å². The molecule has 0 aliphatic rings. The highest BCUT2D eigenvalue weighted by Gasteiger charge is 2.14. The second-order valence-electron chi connectivity index (χ2n) is 3.99. The van der Waals surface area contributed by atoms with E-state index >= 15 is 0 Å². The molecule has 0 saturated carbocycles. The summed E-state index contributed by atoms with van der Waals surface area (Å²) in [6.45, 7) is 0. The van der Waals surface area contributed by atoms with E-state index in [1.54, 1.807) is 30.3 Å². The normalized spacial score (nSPS) is 9.76. The van der Waals surface area contributed by atoms with E-state index in [-0.39, 0.29) is 17.1 Å². The number of carbonyl (C=O) groups excluding carboxylic acids is 2. The number of phenolic OH excluding ortho intramolecular Hbond substituents is 1. The van der Waals surface area contributed by atoms with Gasteiger partial charge in [-0.2, -0.15) is 0 Å². The lowest BCUT2D eigenvalue weighted by Gasteiger charge is -2.07. The number of ether oxygens (including phenoxy) is 1. The number of rotatable bonds is 4. The van der Waals surface area contributed by atoms with Crippen molar-refractivity contribution in [3.8, 4) is 11.5 Å². The molecule has 0 aromatic heterocycles. The van der Waals surface area contributed by atoms with Crippen LogP contribution in [0.4, 0.5) is 0 Å². The van der Waals surface area contributed by atoms with Gasteiger partial charge in [-0.3, -0.25) is 4.89 Å². The molecule has 0 aliphatic heterocycles. The topological polar surface area (TPSA) is 82.1 Å². The molecule has 0 amide bonds. The van der Waals surface area contributed by atoms with Crippen LogP contribution in [-0.4, -0.2) is 24.2 Å². The van der Waals surface area contributed by atoms with Crippen molar-refractivity contribution in [1.29, 1.82) is 0 Å². The molecule has 0 atom stereocenters. The van der Waals surface area contributed by atoms with E-state index < -0.39 is 11.9 Å². The van der Waals surface area contributed by atoms with E-state index in [9.17, 15) is 14.7 Å². The van der Waals surface area contributed by atoms with Gasteiger partial charge in [-0.05, 0) is 24.3 Å². The largest absolute Gasteiger partial charge is 0.504 e. The van der Waals surface area contributed by atoms with Crippen LogP contribution in [-0.2, 0) is 9.62 Å². The molecule has 6 heteroatoms. The Morgan fingerprint density at radius 2 is 1.67 bits per heavy atom. The average Bonchev–Trinajstić information content (AvgIpc) is 2.53. The van der Waals surface area contributed by atoms with E-state index in [1.165, 1.54) is 25.3 Å². The highest BCUT2D eigenvalue weighted by Crippen LogP contribution is 2.27. The highest BCUT2D eigenvalue weighted by atomic mass is 17.2. The molecular weight excluding hydrogens is 276 g/mol. The van der Waals surface area contributed by atoms with Crippen molar-refractivity contribution in [1.82, 2.24) is 0 Å². The van der Waals surface area contributed by atoms with Crippen molar-refractivity contribution in [2.45, 2.75) is 0 Å². The van der Waals surface area contributed by atoms with Gasteiger partial charge in [-0.15, -0.1) is 0 Å². The SMILES string of the molecule is COC(=O)c1ccc(O)c(OOC(=O)c2ccccc2)c1. The quantitative estimate of drug-likeness (QED) is 0.528. The monoisotopic (exact) mass is 288 g/mol. The van der Waals surface area contributed by atoms with Crippen LogP contribution in [0.1, 0.15) is 20.7 Å². The molecule has 0 fully saturated rings. The number of hydrogen-bond acceptors (Lipinski definition) is 6. The lowest BCUT2D eigenvalue weighted by atomic mass is 10.2. The first-order valence-corrected chi connectivity index (χ1v) is 5.97. The van der Waals surface area contributed by atoms with Gasteiger partial charge in [-0.1, -0.05) is 18.2 Å². The van der Waals surface area contributed by atoms with Gasteiger partial charge >= 0.3 is 11.9 Å². The molecule has 6 nitrogen and oxygen atoms in total. The molecule has 0 bridgehead atoms. The molecular formula is C15H12O6. The van der Waals surface area contributed by atoms with E-state index in [0.29, 0.717) is 5.56 Å². The first-order chi connectivity index (χ1) is 10.1. The molecule has 2 aromatic carbocycles. The summed E-state index contributed by atoms with van der Waals surface area (Å²) < 4.78 is 4.54. The third kappa shape index (κ3) is 3.50. The van der Waals surface area contributed by atoms with Crippen LogP contribution < -0.4 is 4.89 Å². The van der Waals surface area contributed by atoms with Crippen LogP contribution >= 0.6 is 0 Å². The van der Waals surface area contributed by atoms with Gasteiger partial charge in [0, 0.05) is 6.07 Å². The third-order valence-corrected chi connectivity index (χ3v) is 2.60. The first kappa shape index (κ1) is 14.4. The standard InChI is InChI=1S/C15H12O6/c1-19-14(17)11-7-8-12(16)13(9-11)20-21-15(18)10-5-3-2-4-6-10/h2-9,16H,1H3. The average molecular weight is 288 g/mol. The summed E-state index contributed by atoms with van der Waals surface area (Å²) >= 11 is 0. The van der Waals surface area contributed by atoms with Crippen LogP contribution in [0, 0.1) is 0 Å². The summed E-state index contributed by atoms with van der Waals surface area (Å²) in [6, 6.07) is 12.0. The lowest BCUT2D eigenvalue weighted by molar-refractivity contribution is -0.150. The highest BCUT2D eigenvalue weighted by molar-refractivity contribution is 5.90. The number of methoxy groups -OCH3 is 1. The summed E-state index contributed by atoms with van der Waals surface area (Å²) in [4.78, 5) is 32.4. The van der Waals surface area contributed by atoms with Gasteiger partial charge in [0.05, 0.1) is 18.2 Å². The Morgan fingerprint density at radius 1 is 0.952 bits per heavy atom. The van der Waals surface area contributed by atoms with Crippen LogP contribution in [0.15, 0.2) is 48.5 Å². The fourth-order valence-electron chi connectivity index (χ4n) is 1.53. The zero-order valence-corrected chi connectivity index (χ0v) is 11.1. The second-order valence-corrected chi connectivity index (χ2v) is 3.99. The Balaban J connectivity index is 2.09. The fourth-order valence-corrected chi connectivity index (χ4v) is 1.53. The molecule has 108 valence electrons. The maximum Gasteiger partial charge on any atom is 0.386 e. The maximum absolute atomic E-state index is 11.7. The summed E-state index contributed by atoms with van der Waals surface area (Å²) in [7, 11) is 1.23. The van der Waals surface area contributed by atoms with Crippen LogP contribution in [0.2, 0.25) is 0 Å². The molecule has 0 aliphatic carbocycles. The molecule has 1 N–H and O–H groups in total. The van der Waals surface area contributed by atoms with Crippen molar-refractivity contribution >= 4 is 11.9 Å². The molecule has 2 rings (SSSR count). The van der Waals surface area contributed by atoms with E-state index in [0.717, 1.165) is 0 Å². The fraction of sp³-hybridized carbons (Fsp3) is 0.0667. The summed E-state index contributed by atoms with van der Waals surface area (Å²) in [5.41, 5.74) is 0.446. The Kier molecular flexibility index (Phi) is 4.40. The zero-order chi connectivity index (χ0) is 15.2. The Labute approximate surface area is 120 Å². The minimum absolute atomic E-state index is 0.154. The van der Waals surface area contributed by atoms with Crippen molar-refractivity contribution < 1.29 is 29.2 Å². The zero-order valence-electron chi connectivity index (χ0n) is 11.1. The summed E-state index contributed by atoms with van der Waals surface area (Å²) in [5.74, 6) is -1.77. The van der Waals surface area contributed by atoms with Gasteiger partial charge in [0.2, 0.25) is 5.75 Å². The van der Waals surface area contributed by atoms with E-state index in [4.69, 9.17) is 4.89 Å². The van der Waals surface area contributed by atoms with Crippen molar-refractivity contribution in [3.05, 3.63) is 59.7 Å². The predicted octanol–water partition coefficient (Wildman–Crippen LogP) is 2.33. The molecule has 0 unspecified atom stereocenters.